The number of hydrogen-bond acceptors (Lipinski definition) is 4. The number of sulfonamides is 1. The molecule has 0 saturated heterocycles. The summed E-state index contributed by atoms with van der Waals surface area (Å²) in [7, 11) is -4.03. The third-order valence-corrected chi connectivity index (χ3v) is 6.76. The standard InChI is InChI=1S/C24H25FN2O4S/c1-18-7-6-10-23(19(18)2)31-16-15-26-24(28)17-27(21-13-11-20(25)12-14-21)32(29,30)22-8-4-3-5-9-22/h3-14H,15-17H2,1-2H3,(H,26,28). The SMILES string of the molecule is Cc1cccc(OCCNC(=O)CN(c2ccc(F)cc2)S(=O)(=O)c2ccccc2)c1C. The molecule has 3 rings (SSSR count). The Morgan fingerprint density at radius 2 is 1.66 bits per heavy atom. The fraction of sp³-hybridized carbons (Fsp3) is 0.208. The van der Waals surface area contributed by atoms with Gasteiger partial charge >= 0.3 is 0 Å². The summed E-state index contributed by atoms with van der Waals surface area (Å²) >= 11 is 0. The molecule has 1 N–H and O–H groups in total. The Kier molecular flexibility index (Phi) is 7.48. The van der Waals surface area contributed by atoms with Crippen LogP contribution in [0.25, 0.3) is 0 Å². The highest BCUT2D eigenvalue weighted by molar-refractivity contribution is 7.92. The molecule has 0 aromatic heterocycles. The fourth-order valence-electron chi connectivity index (χ4n) is 3.06. The summed E-state index contributed by atoms with van der Waals surface area (Å²) in [5.74, 6) is -0.268. The Morgan fingerprint density at radius 3 is 2.34 bits per heavy atom. The van der Waals surface area contributed by atoms with Crippen molar-refractivity contribution in [3.8, 4) is 5.75 Å². The number of nitrogens with zero attached hydrogens (tertiary/aromatic N) is 1. The largest absolute Gasteiger partial charge is 0.491 e. The Hall–Kier alpha value is -3.39. The summed E-state index contributed by atoms with van der Waals surface area (Å²) < 4.78 is 46.4. The van der Waals surface area contributed by atoms with E-state index >= 15 is 0 Å². The van der Waals surface area contributed by atoms with Crippen LogP contribution in [-0.4, -0.2) is 34.0 Å². The van der Waals surface area contributed by atoms with E-state index in [-0.39, 0.29) is 23.7 Å². The monoisotopic (exact) mass is 456 g/mol. The van der Waals surface area contributed by atoms with Crippen LogP contribution in [0.3, 0.4) is 0 Å². The zero-order valence-corrected chi connectivity index (χ0v) is 18.7. The van der Waals surface area contributed by atoms with Crippen molar-refractivity contribution in [1.82, 2.24) is 5.32 Å². The number of anilines is 1. The van der Waals surface area contributed by atoms with Crippen LogP contribution in [-0.2, 0) is 14.8 Å². The van der Waals surface area contributed by atoms with Crippen LogP contribution in [0.15, 0.2) is 77.7 Å². The number of benzene rings is 3. The first-order valence-electron chi connectivity index (χ1n) is 10.1. The van der Waals surface area contributed by atoms with Gasteiger partial charge in [0.15, 0.2) is 0 Å². The van der Waals surface area contributed by atoms with Gasteiger partial charge in [-0.2, -0.15) is 0 Å². The first-order chi connectivity index (χ1) is 15.3. The molecule has 3 aromatic rings. The lowest BCUT2D eigenvalue weighted by Crippen LogP contribution is -2.41. The number of aryl methyl sites for hydroxylation is 1. The van der Waals surface area contributed by atoms with E-state index in [1.807, 2.05) is 32.0 Å². The normalized spacial score (nSPS) is 11.1. The van der Waals surface area contributed by atoms with Crippen molar-refractivity contribution in [3.05, 3.63) is 89.7 Å². The Labute approximate surface area is 187 Å². The molecule has 0 bridgehead atoms. The molecule has 32 heavy (non-hydrogen) atoms. The number of amides is 1. The van der Waals surface area contributed by atoms with E-state index < -0.39 is 28.3 Å². The molecular formula is C24H25FN2O4S. The molecule has 0 aliphatic carbocycles. The van der Waals surface area contributed by atoms with Crippen LogP contribution >= 0.6 is 0 Å². The molecule has 3 aromatic carbocycles. The smallest absolute Gasteiger partial charge is 0.264 e. The number of carbonyl (C=O) groups excluding carboxylic acids is 1. The number of ether oxygens (including phenoxy) is 1. The third-order valence-electron chi connectivity index (χ3n) is 4.97. The van der Waals surface area contributed by atoms with Gasteiger partial charge in [-0.05, 0) is 67.4 Å². The molecule has 0 saturated carbocycles. The van der Waals surface area contributed by atoms with Gasteiger partial charge in [-0.3, -0.25) is 9.10 Å². The predicted octanol–water partition coefficient (Wildman–Crippen LogP) is 3.83. The van der Waals surface area contributed by atoms with E-state index in [9.17, 15) is 17.6 Å². The van der Waals surface area contributed by atoms with Crippen molar-refractivity contribution >= 4 is 21.6 Å². The van der Waals surface area contributed by atoms with Gasteiger partial charge in [-0.25, -0.2) is 12.8 Å². The third kappa shape index (κ3) is 5.64. The second-order valence-electron chi connectivity index (χ2n) is 7.20. The first kappa shape index (κ1) is 23.3. The Balaban J connectivity index is 1.68. The zero-order valence-electron chi connectivity index (χ0n) is 17.9. The second-order valence-corrected chi connectivity index (χ2v) is 9.06. The van der Waals surface area contributed by atoms with E-state index in [0.717, 1.165) is 33.3 Å². The molecule has 0 heterocycles. The molecule has 0 aliphatic heterocycles. The van der Waals surface area contributed by atoms with Gasteiger partial charge in [0.25, 0.3) is 10.0 Å². The summed E-state index contributed by atoms with van der Waals surface area (Å²) in [5, 5.41) is 2.68. The minimum Gasteiger partial charge on any atom is -0.491 e. The molecule has 0 fully saturated rings. The van der Waals surface area contributed by atoms with Crippen molar-refractivity contribution < 1.29 is 22.3 Å². The van der Waals surface area contributed by atoms with Crippen LogP contribution < -0.4 is 14.4 Å². The van der Waals surface area contributed by atoms with E-state index in [0.29, 0.717) is 0 Å². The summed E-state index contributed by atoms with van der Waals surface area (Å²) in [6.07, 6.45) is 0. The number of halogens is 1. The van der Waals surface area contributed by atoms with Crippen LogP contribution in [0.1, 0.15) is 11.1 Å². The summed E-state index contributed by atoms with van der Waals surface area (Å²) in [6.45, 7) is 3.93. The maximum Gasteiger partial charge on any atom is 0.264 e. The van der Waals surface area contributed by atoms with Gasteiger partial charge in [0.2, 0.25) is 5.91 Å². The first-order valence-corrected chi connectivity index (χ1v) is 11.5. The topological polar surface area (TPSA) is 75.7 Å². The van der Waals surface area contributed by atoms with Gasteiger partial charge in [0, 0.05) is 0 Å². The van der Waals surface area contributed by atoms with E-state index in [2.05, 4.69) is 5.32 Å². The molecule has 1 amide bonds. The number of nitrogens with one attached hydrogen (secondary N) is 1. The lowest BCUT2D eigenvalue weighted by Gasteiger charge is -2.24. The van der Waals surface area contributed by atoms with Crippen LogP contribution in [0.2, 0.25) is 0 Å². The molecule has 0 radical (unpaired) electrons. The number of carbonyl (C=O) groups is 1. The van der Waals surface area contributed by atoms with Crippen molar-refractivity contribution in [2.45, 2.75) is 18.7 Å². The minimum atomic E-state index is -4.03. The molecule has 0 aliphatic rings. The van der Waals surface area contributed by atoms with Crippen molar-refractivity contribution in [1.29, 1.82) is 0 Å². The van der Waals surface area contributed by atoms with Gasteiger partial charge in [-0.15, -0.1) is 0 Å². The number of rotatable bonds is 9. The van der Waals surface area contributed by atoms with Gasteiger partial charge in [0.05, 0.1) is 17.1 Å². The summed E-state index contributed by atoms with van der Waals surface area (Å²) in [6, 6.07) is 18.5. The zero-order chi connectivity index (χ0) is 23.1. The molecular weight excluding hydrogens is 431 g/mol. The molecule has 0 unspecified atom stereocenters. The van der Waals surface area contributed by atoms with Gasteiger partial charge in [0.1, 0.15) is 24.7 Å². The highest BCUT2D eigenvalue weighted by Gasteiger charge is 2.27. The van der Waals surface area contributed by atoms with E-state index in [1.165, 1.54) is 24.3 Å². The average molecular weight is 457 g/mol. The minimum absolute atomic E-state index is 0.0374. The summed E-state index contributed by atoms with van der Waals surface area (Å²) in [5.41, 5.74) is 2.32. The van der Waals surface area contributed by atoms with Crippen LogP contribution in [0.4, 0.5) is 10.1 Å². The van der Waals surface area contributed by atoms with Gasteiger partial charge < -0.3 is 10.1 Å². The average Bonchev–Trinajstić information content (AvgIpc) is 2.79. The summed E-state index contributed by atoms with van der Waals surface area (Å²) in [4.78, 5) is 12.6. The van der Waals surface area contributed by atoms with Crippen molar-refractivity contribution in [3.63, 3.8) is 0 Å². The van der Waals surface area contributed by atoms with E-state index in [4.69, 9.17) is 4.74 Å². The molecule has 168 valence electrons. The predicted molar refractivity (Wildman–Crippen MR) is 122 cm³/mol. The quantitative estimate of drug-likeness (QED) is 0.497. The highest BCUT2D eigenvalue weighted by atomic mass is 32.2. The second kappa shape index (κ2) is 10.3. The Morgan fingerprint density at radius 1 is 0.969 bits per heavy atom. The highest BCUT2D eigenvalue weighted by Crippen LogP contribution is 2.24. The van der Waals surface area contributed by atoms with Crippen molar-refractivity contribution in [2.24, 2.45) is 0 Å². The molecule has 0 atom stereocenters. The van der Waals surface area contributed by atoms with E-state index in [1.54, 1.807) is 18.2 Å². The fourth-order valence-corrected chi connectivity index (χ4v) is 4.50. The number of hydrogen-bond donors (Lipinski definition) is 1. The Bertz CT molecular complexity index is 1170. The maximum atomic E-state index is 13.4. The van der Waals surface area contributed by atoms with Gasteiger partial charge in [-0.1, -0.05) is 30.3 Å². The van der Waals surface area contributed by atoms with Crippen molar-refractivity contribution in [2.75, 3.05) is 24.0 Å². The lowest BCUT2D eigenvalue weighted by atomic mass is 10.1. The van der Waals surface area contributed by atoms with Crippen LogP contribution in [0.5, 0.6) is 5.75 Å². The van der Waals surface area contributed by atoms with Crippen LogP contribution in [0, 0.1) is 19.7 Å². The molecule has 8 heteroatoms. The molecule has 0 spiro atoms. The lowest BCUT2D eigenvalue weighted by molar-refractivity contribution is -0.119. The molecule has 6 nitrogen and oxygen atoms in total. The maximum absolute atomic E-state index is 13.4.